The van der Waals surface area contributed by atoms with Crippen molar-refractivity contribution in [3.8, 4) is 0 Å². The summed E-state index contributed by atoms with van der Waals surface area (Å²) in [4.78, 5) is 19.7. The van der Waals surface area contributed by atoms with E-state index in [2.05, 4.69) is 25.7 Å². The molecule has 12 heteroatoms. The van der Waals surface area contributed by atoms with E-state index in [0.717, 1.165) is 12.3 Å². The predicted octanol–water partition coefficient (Wildman–Crippen LogP) is 3.56. The number of alkyl halides is 3. The number of amides is 2. The van der Waals surface area contributed by atoms with Crippen LogP contribution in [0.3, 0.4) is 0 Å². The first-order valence-corrected chi connectivity index (χ1v) is 8.43. The first kappa shape index (κ1) is 19.1. The minimum absolute atomic E-state index is 0.0987. The topological polar surface area (TPSA) is 93.4 Å². The molecule has 1 aliphatic carbocycles. The molecule has 3 heterocycles. The summed E-state index contributed by atoms with van der Waals surface area (Å²) >= 11 is 0. The number of rotatable bonds is 4. The number of halogens is 4. The van der Waals surface area contributed by atoms with Crippen molar-refractivity contribution in [1.82, 2.24) is 19.6 Å². The number of urea groups is 1. The van der Waals surface area contributed by atoms with Gasteiger partial charge in [-0.25, -0.2) is 14.3 Å². The van der Waals surface area contributed by atoms with E-state index in [0.29, 0.717) is 24.6 Å². The number of carbonyl (C=O) groups excluding carboxylic acids is 1. The lowest BCUT2D eigenvalue weighted by Crippen LogP contribution is -2.25. The van der Waals surface area contributed by atoms with Crippen molar-refractivity contribution in [3.63, 3.8) is 0 Å². The van der Waals surface area contributed by atoms with Crippen LogP contribution in [0, 0.1) is 5.95 Å². The number of nitrogens with zero attached hydrogens (tertiary/aromatic N) is 4. The van der Waals surface area contributed by atoms with Gasteiger partial charge in [-0.3, -0.25) is 4.98 Å². The maximum atomic E-state index is 13.6. The lowest BCUT2D eigenvalue weighted by molar-refractivity contribution is -0.141. The molecule has 0 unspecified atom stereocenters. The second kappa shape index (κ2) is 6.65. The zero-order chi connectivity index (χ0) is 20.8. The van der Waals surface area contributed by atoms with Gasteiger partial charge in [-0.05, 0) is 25.0 Å². The molecule has 1 aliphatic rings. The van der Waals surface area contributed by atoms with Crippen LogP contribution in [0.25, 0.3) is 5.65 Å². The van der Waals surface area contributed by atoms with E-state index in [1.807, 2.05) is 0 Å². The molecular formula is C17H14F4N6O2. The van der Waals surface area contributed by atoms with Crippen LogP contribution in [0.5, 0.6) is 0 Å². The summed E-state index contributed by atoms with van der Waals surface area (Å²) in [6.45, 7) is 0. The van der Waals surface area contributed by atoms with E-state index in [1.165, 1.54) is 23.9 Å². The predicted molar refractivity (Wildman–Crippen MR) is 92.7 cm³/mol. The van der Waals surface area contributed by atoms with Crippen molar-refractivity contribution in [2.75, 3.05) is 17.7 Å². The molecule has 0 saturated heterocycles. The summed E-state index contributed by atoms with van der Waals surface area (Å²) in [7, 11) is 1.48. The first-order chi connectivity index (χ1) is 13.7. The fraction of sp³-hybridized carbons (Fsp3) is 0.294. The molecule has 0 aliphatic heterocycles. The summed E-state index contributed by atoms with van der Waals surface area (Å²) in [6, 6.07) is 2.25. The zero-order valence-corrected chi connectivity index (χ0v) is 14.9. The monoisotopic (exact) mass is 410 g/mol. The molecule has 0 spiro atoms. The zero-order valence-electron chi connectivity index (χ0n) is 14.9. The van der Waals surface area contributed by atoms with Crippen LogP contribution < -0.4 is 10.6 Å². The Hall–Kier alpha value is -3.28. The molecule has 0 atom stereocenters. The molecule has 2 N–H and O–H groups in total. The van der Waals surface area contributed by atoms with Crippen LogP contribution in [-0.4, -0.2) is 32.7 Å². The van der Waals surface area contributed by atoms with Crippen LogP contribution in [0.2, 0.25) is 0 Å². The molecule has 29 heavy (non-hydrogen) atoms. The Morgan fingerprint density at radius 2 is 2.00 bits per heavy atom. The molecule has 3 aromatic heterocycles. The molecule has 0 radical (unpaired) electrons. The van der Waals surface area contributed by atoms with Crippen LogP contribution in [0.1, 0.15) is 24.2 Å². The Kier molecular flexibility index (Phi) is 4.37. The lowest BCUT2D eigenvalue weighted by atomic mass is 10.2. The third-order valence-electron chi connectivity index (χ3n) is 4.54. The third kappa shape index (κ3) is 3.58. The van der Waals surface area contributed by atoms with Gasteiger partial charge in [0, 0.05) is 25.1 Å². The normalized spacial score (nSPS) is 15.3. The van der Waals surface area contributed by atoms with E-state index in [4.69, 9.17) is 4.74 Å². The maximum Gasteiger partial charge on any atom is 0.433 e. The Morgan fingerprint density at radius 3 is 2.66 bits per heavy atom. The highest BCUT2D eigenvalue weighted by molar-refractivity contribution is 6.00. The average molecular weight is 410 g/mol. The molecule has 3 aromatic rings. The molecular weight excluding hydrogens is 396 g/mol. The molecule has 8 nitrogen and oxygen atoms in total. The van der Waals surface area contributed by atoms with Crippen molar-refractivity contribution in [2.45, 2.75) is 24.6 Å². The second-order valence-corrected chi connectivity index (χ2v) is 6.46. The molecule has 1 fully saturated rings. The van der Waals surface area contributed by atoms with Crippen molar-refractivity contribution in [2.24, 2.45) is 0 Å². The van der Waals surface area contributed by atoms with Gasteiger partial charge in [-0.15, -0.1) is 5.10 Å². The van der Waals surface area contributed by atoms with Crippen LogP contribution in [0.15, 0.2) is 30.6 Å². The van der Waals surface area contributed by atoms with Crippen LogP contribution in [0.4, 0.5) is 33.7 Å². The summed E-state index contributed by atoms with van der Waals surface area (Å²) in [5.74, 6) is -0.747. The fourth-order valence-corrected chi connectivity index (χ4v) is 3.03. The van der Waals surface area contributed by atoms with Crippen LogP contribution in [-0.2, 0) is 16.5 Å². The highest BCUT2D eigenvalue weighted by Crippen LogP contribution is 2.50. The Bertz CT molecular complexity index is 1090. The number of ether oxygens (including phenoxy) is 1. The van der Waals surface area contributed by atoms with Crippen molar-refractivity contribution >= 4 is 23.1 Å². The Labute approximate surface area is 160 Å². The number of pyridine rings is 1. The van der Waals surface area contributed by atoms with Gasteiger partial charge >= 0.3 is 12.2 Å². The summed E-state index contributed by atoms with van der Waals surface area (Å²) in [6.07, 6.45) is -1.14. The van der Waals surface area contributed by atoms with Crippen molar-refractivity contribution in [3.05, 3.63) is 47.9 Å². The minimum Gasteiger partial charge on any atom is -0.372 e. The van der Waals surface area contributed by atoms with E-state index in [9.17, 15) is 22.4 Å². The minimum atomic E-state index is -4.64. The largest absolute Gasteiger partial charge is 0.433 e. The van der Waals surface area contributed by atoms with E-state index < -0.39 is 29.5 Å². The number of methoxy groups -OCH3 is 1. The molecule has 0 aromatic carbocycles. The van der Waals surface area contributed by atoms with Gasteiger partial charge in [-0.2, -0.15) is 17.6 Å². The highest BCUT2D eigenvalue weighted by Gasteiger charge is 2.49. The summed E-state index contributed by atoms with van der Waals surface area (Å²) in [5, 5.41) is 8.59. The molecule has 0 bridgehead atoms. The number of fused-ring (bicyclic) bond motifs is 1. The Balaban J connectivity index is 1.63. The number of hydrogen-bond donors (Lipinski definition) is 2. The fourth-order valence-electron chi connectivity index (χ4n) is 3.03. The Morgan fingerprint density at radius 1 is 1.24 bits per heavy atom. The quantitative estimate of drug-likeness (QED) is 0.642. The van der Waals surface area contributed by atoms with Gasteiger partial charge in [0.15, 0.2) is 5.65 Å². The number of anilines is 2. The maximum absolute atomic E-state index is 13.6. The second-order valence-electron chi connectivity index (χ2n) is 6.46. The van der Waals surface area contributed by atoms with Gasteiger partial charge in [0.2, 0.25) is 5.95 Å². The van der Waals surface area contributed by atoms with Crippen LogP contribution >= 0.6 is 0 Å². The number of nitrogens with one attached hydrogen (secondary N) is 2. The van der Waals surface area contributed by atoms with Crippen molar-refractivity contribution in [1.29, 1.82) is 0 Å². The molecule has 1 saturated carbocycles. The first-order valence-electron chi connectivity index (χ1n) is 8.43. The van der Waals surface area contributed by atoms with Gasteiger partial charge in [0.05, 0.1) is 11.9 Å². The standard InChI is InChI=1S/C17H14F4N6O2/c1-29-16(3-4-16)14-10(8-23-13-7-12(18)26-27(13)14)25-15(28)24-9-2-5-22-11(6-9)17(19,20)21/h2,5-8H,3-4H2,1H3,(H2,22,24,25,28). The third-order valence-corrected chi connectivity index (χ3v) is 4.54. The van der Waals surface area contributed by atoms with Gasteiger partial charge in [0.25, 0.3) is 0 Å². The van der Waals surface area contributed by atoms with Gasteiger partial charge in [0.1, 0.15) is 17.0 Å². The SMILES string of the molecule is COC1(c2c(NC(=O)Nc3ccnc(C(F)(F)F)c3)cnc3cc(F)nn23)CC1. The van der Waals surface area contributed by atoms with Gasteiger partial charge in [-0.1, -0.05) is 0 Å². The van der Waals surface area contributed by atoms with E-state index in [1.54, 1.807) is 0 Å². The number of hydrogen-bond acceptors (Lipinski definition) is 5. The highest BCUT2D eigenvalue weighted by atomic mass is 19.4. The molecule has 4 rings (SSSR count). The van der Waals surface area contributed by atoms with Gasteiger partial charge < -0.3 is 15.4 Å². The van der Waals surface area contributed by atoms with E-state index in [-0.39, 0.29) is 17.0 Å². The van der Waals surface area contributed by atoms with Crippen molar-refractivity contribution < 1.29 is 27.1 Å². The van der Waals surface area contributed by atoms with E-state index >= 15 is 0 Å². The smallest absolute Gasteiger partial charge is 0.372 e. The molecule has 2 amide bonds. The number of aromatic nitrogens is 4. The average Bonchev–Trinajstić information content (AvgIpc) is 3.35. The molecule has 152 valence electrons. The lowest BCUT2D eigenvalue weighted by Gasteiger charge is -2.19. The number of carbonyl (C=O) groups is 1. The summed E-state index contributed by atoms with van der Waals surface area (Å²) < 4.78 is 58.7. The summed E-state index contributed by atoms with van der Waals surface area (Å²) in [5.41, 5.74) is -1.17.